The summed E-state index contributed by atoms with van der Waals surface area (Å²) in [6.45, 7) is 3.46. The molecule has 3 aromatic rings. The molecule has 0 saturated carbocycles. The number of hydrogen-bond donors (Lipinski definition) is 0. The SMILES string of the molecule is COCCN(C(=O)Cc1cccs1)C(C)c1nc2ccccc2c(=O)n1CCOC. The lowest BCUT2D eigenvalue weighted by atomic mass is 10.2. The topological polar surface area (TPSA) is 73.7 Å². The first kappa shape index (κ1) is 22.1. The number of aromatic nitrogens is 2. The molecule has 2 aromatic heterocycles. The molecule has 3 rings (SSSR count). The fourth-order valence-electron chi connectivity index (χ4n) is 3.43. The lowest BCUT2D eigenvalue weighted by molar-refractivity contribution is -0.133. The third-order valence-corrected chi connectivity index (χ3v) is 5.89. The Hall–Kier alpha value is -2.55. The van der Waals surface area contributed by atoms with E-state index < -0.39 is 6.04 Å². The number of ether oxygens (including phenoxy) is 2. The highest BCUT2D eigenvalue weighted by Gasteiger charge is 2.26. The van der Waals surface area contributed by atoms with Crippen LogP contribution >= 0.6 is 11.3 Å². The van der Waals surface area contributed by atoms with Gasteiger partial charge < -0.3 is 14.4 Å². The number of hydrogen-bond acceptors (Lipinski definition) is 6. The van der Waals surface area contributed by atoms with Gasteiger partial charge in [-0.3, -0.25) is 14.2 Å². The molecule has 8 heteroatoms. The van der Waals surface area contributed by atoms with Gasteiger partial charge in [0.05, 0.1) is 43.1 Å². The largest absolute Gasteiger partial charge is 0.383 e. The van der Waals surface area contributed by atoms with E-state index in [-0.39, 0.29) is 11.5 Å². The highest BCUT2D eigenvalue weighted by molar-refractivity contribution is 7.10. The summed E-state index contributed by atoms with van der Waals surface area (Å²) in [6, 6.07) is 10.8. The molecule has 0 fully saturated rings. The number of thiophene rings is 1. The molecule has 1 amide bonds. The van der Waals surface area contributed by atoms with Crippen LogP contribution in [0.3, 0.4) is 0 Å². The maximum Gasteiger partial charge on any atom is 0.261 e. The minimum atomic E-state index is -0.401. The number of para-hydroxylation sites is 1. The molecule has 0 bridgehead atoms. The van der Waals surface area contributed by atoms with Gasteiger partial charge in [-0.15, -0.1) is 11.3 Å². The summed E-state index contributed by atoms with van der Waals surface area (Å²) in [4.78, 5) is 33.8. The van der Waals surface area contributed by atoms with E-state index in [1.807, 2.05) is 42.6 Å². The smallest absolute Gasteiger partial charge is 0.261 e. The Labute approximate surface area is 179 Å². The summed E-state index contributed by atoms with van der Waals surface area (Å²) in [5.41, 5.74) is 0.493. The summed E-state index contributed by atoms with van der Waals surface area (Å²) in [7, 11) is 3.20. The molecule has 1 unspecified atom stereocenters. The average Bonchev–Trinajstić information content (AvgIpc) is 3.26. The standard InChI is InChI=1S/C22H27N3O4S/c1-16(24(10-12-28-2)20(26)15-17-7-6-14-30-17)21-23-19-9-5-4-8-18(19)22(27)25(21)11-13-29-3/h4-9,14,16H,10-13,15H2,1-3H3. The normalized spacial score (nSPS) is 12.2. The second-order valence-electron chi connectivity index (χ2n) is 6.95. The van der Waals surface area contributed by atoms with Crippen LogP contribution in [0, 0.1) is 0 Å². The Bertz CT molecular complexity index is 1030. The lowest BCUT2D eigenvalue weighted by Crippen LogP contribution is -2.40. The van der Waals surface area contributed by atoms with Gasteiger partial charge in [-0.2, -0.15) is 0 Å². The first-order valence-electron chi connectivity index (χ1n) is 9.86. The van der Waals surface area contributed by atoms with Gasteiger partial charge in [0.2, 0.25) is 5.91 Å². The molecule has 0 aliphatic rings. The summed E-state index contributed by atoms with van der Waals surface area (Å²) < 4.78 is 12.1. The molecule has 1 aromatic carbocycles. The third kappa shape index (κ3) is 4.95. The molecule has 160 valence electrons. The minimum Gasteiger partial charge on any atom is -0.383 e. The van der Waals surface area contributed by atoms with Gasteiger partial charge in [-0.05, 0) is 30.5 Å². The first-order chi connectivity index (χ1) is 14.6. The van der Waals surface area contributed by atoms with E-state index in [1.54, 1.807) is 41.1 Å². The van der Waals surface area contributed by atoms with Crippen molar-refractivity contribution in [1.82, 2.24) is 14.5 Å². The first-order valence-corrected chi connectivity index (χ1v) is 10.7. The fourth-order valence-corrected chi connectivity index (χ4v) is 4.13. The van der Waals surface area contributed by atoms with Crippen LogP contribution in [0.5, 0.6) is 0 Å². The Morgan fingerprint density at radius 3 is 2.63 bits per heavy atom. The van der Waals surface area contributed by atoms with Gasteiger partial charge >= 0.3 is 0 Å². The minimum absolute atomic E-state index is 0.0253. The molecule has 0 N–H and O–H groups in total. The van der Waals surface area contributed by atoms with Gasteiger partial charge in [-0.25, -0.2) is 4.98 Å². The highest BCUT2D eigenvalue weighted by atomic mass is 32.1. The van der Waals surface area contributed by atoms with Crippen LogP contribution in [0.4, 0.5) is 0 Å². The van der Waals surface area contributed by atoms with Gasteiger partial charge in [-0.1, -0.05) is 18.2 Å². The number of benzene rings is 1. The molecule has 0 aliphatic heterocycles. The van der Waals surface area contributed by atoms with Crippen molar-refractivity contribution >= 4 is 28.1 Å². The molecule has 0 spiro atoms. The van der Waals surface area contributed by atoms with Crippen molar-refractivity contribution < 1.29 is 14.3 Å². The Kier molecular flexibility index (Phi) is 7.73. The Morgan fingerprint density at radius 2 is 1.93 bits per heavy atom. The number of nitrogens with zero attached hydrogens (tertiary/aromatic N) is 3. The number of amides is 1. The molecule has 0 radical (unpaired) electrons. The molecule has 30 heavy (non-hydrogen) atoms. The van der Waals surface area contributed by atoms with E-state index in [0.717, 1.165) is 4.88 Å². The summed E-state index contributed by atoms with van der Waals surface area (Å²) >= 11 is 1.55. The van der Waals surface area contributed by atoms with E-state index in [9.17, 15) is 9.59 Å². The predicted molar refractivity (Wildman–Crippen MR) is 118 cm³/mol. The zero-order chi connectivity index (χ0) is 21.5. The van der Waals surface area contributed by atoms with E-state index in [0.29, 0.717) is 49.5 Å². The van der Waals surface area contributed by atoms with E-state index in [1.165, 1.54) is 0 Å². The molecule has 7 nitrogen and oxygen atoms in total. The van der Waals surface area contributed by atoms with Crippen molar-refractivity contribution in [1.29, 1.82) is 0 Å². The van der Waals surface area contributed by atoms with E-state index in [2.05, 4.69) is 0 Å². The van der Waals surface area contributed by atoms with Crippen LogP contribution in [0.1, 0.15) is 23.7 Å². The summed E-state index contributed by atoms with van der Waals surface area (Å²) in [5, 5.41) is 2.51. The van der Waals surface area contributed by atoms with Crippen molar-refractivity contribution in [3.8, 4) is 0 Å². The Balaban J connectivity index is 2.02. The highest BCUT2D eigenvalue weighted by Crippen LogP contribution is 2.22. The van der Waals surface area contributed by atoms with Gasteiger partial charge in [0.25, 0.3) is 5.56 Å². The van der Waals surface area contributed by atoms with Crippen LogP contribution in [0.15, 0.2) is 46.6 Å². The van der Waals surface area contributed by atoms with E-state index in [4.69, 9.17) is 14.5 Å². The zero-order valence-electron chi connectivity index (χ0n) is 17.5. The second-order valence-corrected chi connectivity index (χ2v) is 7.98. The molecule has 0 aliphatic carbocycles. The van der Waals surface area contributed by atoms with E-state index >= 15 is 0 Å². The van der Waals surface area contributed by atoms with Crippen molar-refractivity contribution in [2.75, 3.05) is 34.0 Å². The second kappa shape index (κ2) is 10.5. The number of rotatable bonds is 10. The maximum absolute atomic E-state index is 13.2. The number of methoxy groups -OCH3 is 2. The third-order valence-electron chi connectivity index (χ3n) is 5.01. The monoisotopic (exact) mass is 429 g/mol. The molecular weight excluding hydrogens is 402 g/mol. The summed E-state index contributed by atoms with van der Waals surface area (Å²) in [5.74, 6) is 0.522. The molecule has 0 saturated heterocycles. The van der Waals surface area contributed by atoms with Gasteiger partial charge in [0, 0.05) is 25.6 Å². The average molecular weight is 430 g/mol. The Morgan fingerprint density at radius 1 is 1.17 bits per heavy atom. The number of fused-ring (bicyclic) bond motifs is 1. The van der Waals surface area contributed by atoms with Crippen LogP contribution in [0.25, 0.3) is 10.9 Å². The van der Waals surface area contributed by atoms with Crippen molar-refractivity contribution in [3.63, 3.8) is 0 Å². The van der Waals surface area contributed by atoms with Crippen molar-refractivity contribution in [3.05, 3.63) is 62.8 Å². The quantitative estimate of drug-likeness (QED) is 0.495. The molecular formula is C22H27N3O4S. The van der Waals surface area contributed by atoms with Gasteiger partial charge in [0.15, 0.2) is 0 Å². The van der Waals surface area contributed by atoms with Crippen LogP contribution in [-0.2, 0) is 27.2 Å². The maximum atomic E-state index is 13.2. The van der Waals surface area contributed by atoms with Gasteiger partial charge in [0.1, 0.15) is 5.82 Å². The summed E-state index contributed by atoms with van der Waals surface area (Å²) in [6.07, 6.45) is 0.307. The van der Waals surface area contributed by atoms with Crippen molar-refractivity contribution in [2.24, 2.45) is 0 Å². The fraction of sp³-hybridized carbons (Fsp3) is 0.409. The number of carbonyl (C=O) groups excluding carboxylic acids is 1. The van der Waals surface area contributed by atoms with Crippen molar-refractivity contribution in [2.45, 2.75) is 25.9 Å². The molecule has 1 atom stereocenters. The predicted octanol–water partition coefficient (Wildman–Crippen LogP) is 2.88. The van der Waals surface area contributed by atoms with Crippen LogP contribution in [0.2, 0.25) is 0 Å². The zero-order valence-corrected chi connectivity index (χ0v) is 18.4. The number of carbonyl (C=O) groups is 1. The lowest BCUT2D eigenvalue weighted by Gasteiger charge is -2.30. The van der Waals surface area contributed by atoms with Crippen LogP contribution in [-0.4, -0.2) is 54.3 Å². The van der Waals surface area contributed by atoms with Crippen LogP contribution < -0.4 is 5.56 Å². The molecule has 2 heterocycles.